The Balaban J connectivity index is 2.20. The van der Waals surface area contributed by atoms with Gasteiger partial charge in [0.05, 0.1) is 0 Å². The largest absolute Gasteiger partial charge is 0.331 e. The lowest BCUT2D eigenvalue weighted by Crippen LogP contribution is -2.10. The van der Waals surface area contributed by atoms with Crippen LogP contribution < -0.4 is 0 Å². The highest BCUT2D eigenvalue weighted by molar-refractivity contribution is 5.58. The number of benzene rings is 1. The summed E-state index contributed by atoms with van der Waals surface area (Å²) in [5, 5.41) is 3.77. The molecule has 0 saturated heterocycles. The molecule has 5 heteroatoms. The maximum Gasteiger partial charge on any atom is 0.286 e. The quantitative estimate of drug-likeness (QED) is 0.848. The van der Waals surface area contributed by atoms with Gasteiger partial charge in [0.1, 0.15) is 0 Å². The van der Waals surface area contributed by atoms with E-state index in [0.717, 1.165) is 12.1 Å². The van der Waals surface area contributed by atoms with Crippen LogP contribution in [0.15, 0.2) is 34.9 Å². The minimum absolute atomic E-state index is 0.0881. The van der Waals surface area contributed by atoms with E-state index < -0.39 is 5.83 Å². The molecule has 2 aromatic rings. The number of hydrogen-bond donors (Lipinski definition) is 0. The van der Waals surface area contributed by atoms with Crippen molar-refractivity contribution < 1.29 is 8.91 Å². The Hall–Kier alpha value is -2.01. The zero-order valence-electron chi connectivity index (χ0n) is 11.2. The fourth-order valence-corrected chi connectivity index (χ4v) is 1.69. The van der Waals surface area contributed by atoms with E-state index in [0.29, 0.717) is 5.82 Å². The van der Waals surface area contributed by atoms with Crippen LogP contribution >= 0.6 is 0 Å². The molecule has 1 aromatic carbocycles. The van der Waals surface area contributed by atoms with Gasteiger partial charge in [0.15, 0.2) is 5.83 Å². The molecule has 0 aliphatic carbocycles. The predicted octanol–water partition coefficient (Wildman–Crippen LogP) is 3.13. The van der Waals surface area contributed by atoms with Gasteiger partial charge in [-0.05, 0) is 32.7 Å². The number of rotatable bonds is 4. The Morgan fingerprint density at radius 2 is 2.00 bits per heavy atom. The lowest BCUT2D eigenvalue weighted by molar-refractivity contribution is 0.398. The lowest BCUT2D eigenvalue weighted by atomic mass is 10.1. The summed E-state index contributed by atoms with van der Waals surface area (Å²) in [4.78, 5) is 6.10. The zero-order chi connectivity index (χ0) is 13.8. The maximum atomic E-state index is 13.3. The molecule has 100 valence electrons. The summed E-state index contributed by atoms with van der Waals surface area (Å²) in [5.41, 5.74) is 2.00. The number of allylic oxidation sites excluding steroid dienone is 1. The van der Waals surface area contributed by atoms with Crippen LogP contribution in [0.25, 0.3) is 17.2 Å². The normalized spacial score (nSPS) is 12.2. The molecule has 1 heterocycles. The molecule has 0 aliphatic heterocycles. The molecular weight excluding hydrogens is 245 g/mol. The van der Waals surface area contributed by atoms with Gasteiger partial charge in [0.2, 0.25) is 5.82 Å². The van der Waals surface area contributed by atoms with Crippen LogP contribution in [0.5, 0.6) is 0 Å². The summed E-state index contributed by atoms with van der Waals surface area (Å²) in [6.07, 6.45) is 1.29. The van der Waals surface area contributed by atoms with Gasteiger partial charge in [-0.25, -0.2) is 4.39 Å². The molecule has 0 bridgehead atoms. The zero-order valence-corrected chi connectivity index (χ0v) is 11.2. The lowest BCUT2D eigenvalue weighted by Gasteiger charge is -2.09. The summed E-state index contributed by atoms with van der Waals surface area (Å²) in [6, 6.07) is 7.80. The van der Waals surface area contributed by atoms with Gasteiger partial charge in [-0.1, -0.05) is 29.4 Å². The molecule has 0 amide bonds. The molecule has 0 saturated carbocycles. The molecule has 0 spiro atoms. The van der Waals surface area contributed by atoms with Gasteiger partial charge in [-0.15, -0.1) is 0 Å². The molecule has 2 rings (SSSR count). The topological polar surface area (TPSA) is 42.2 Å². The highest BCUT2D eigenvalue weighted by Gasteiger charge is 2.11. The second-order valence-corrected chi connectivity index (χ2v) is 4.49. The van der Waals surface area contributed by atoms with E-state index in [4.69, 9.17) is 4.52 Å². The maximum absolute atomic E-state index is 13.3. The first kappa shape index (κ1) is 13.4. The highest BCUT2D eigenvalue weighted by atomic mass is 19.1. The van der Waals surface area contributed by atoms with Crippen LogP contribution in [0.4, 0.5) is 4.39 Å². The van der Waals surface area contributed by atoms with Crippen molar-refractivity contribution in [3.05, 3.63) is 41.8 Å². The average molecular weight is 261 g/mol. The standard InChI is InChI=1S/C14H16FN3O/c1-4-12(15)14-16-13(17-19-14)11-7-5-10(6-8-11)9-18(2)3/h4-8H,9H2,1-3H3. The number of nitrogens with zero attached hydrogens (tertiary/aromatic N) is 3. The first-order valence-electron chi connectivity index (χ1n) is 6.00. The summed E-state index contributed by atoms with van der Waals surface area (Å²) >= 11 is 0. The summed E-state index contributed by atoms with van der Waals surface area (Å²) < 4.78 is 18.1. The SMILES string of the molecule is CC=C(F)c1nc(-c2ccc(CN(C)C)cc2)no1. The minimum Gasteiger partial charge on any atom is -0.331 e. The number of halogens is 1. The third-order valence-electron chi connectivity index (χ3n) is 2.59. The Morgan fingerprint density at radius 1 is 1.32 bits per heavy atom. The summed E-state index contributed by atoms with van der Waals surface area (Å²) in [7, 11) is 4.03. The number of hydrogen-bond acceptors (Lipinski definition) is 4. The molecule has 19 heavy (non-hydrogen) atoms. The predicted molar refractivity (Wildman–Crippen MR) is 71.9 cm³/mol. The van der Waals surface area contributed by atoms with Gasteiger partial charge in [0, 0.05) is 12.1 Å². The molecule has 0 N–H and O–H groups in total. The van der Waals surface area contributed by atoms with Crippen LogP contribution in [0.1, 0.15) is 18.4 Å². The van der Waals surface area contributed by atoms with Crippen LogP contribution in [-0.2, 0) is 6.54 Å². The van der Waals surface area contributed by atoms with E-state index >= 15 is 0 Å². The molecule has 4 nitrogen and oxygen atoms in total. The van der Waals surface area contributed by atoms with Crippen LogP contribution in [-0.4, -0.2) is 29.1 Å². The summed E-state index contributed by atoms with van der Waals surface area (Å²) in [5.74, 6) is -0.207. The molecular formula is C14H16FN3O. The molecule has 0 atom stereocenters. The highest BCUT2D eigenvalue weighted by Crippen LogP contribution is 2.20. The average Bonchev–Trinajstić information content (AvgIpc) is 2.87. The van der Waals surface area contributed by atoms with Crippen molar-refractivity contribution >= 4 is 5.83 Å². The van der Waals surface area contributed by atoms with Crippen LogP contribution in [0, 0.1) is 0 Å². The minimum atomic E-state index is -0.511. The van der Waals surface area contributed by atoms with Gasteiger partial charge in [-0.2, -0.15) is 4.98 Å². The molecule has 0 radical (unpaired) electrons. The van der Waals surface area contributed by atoms with Crippen molar-refractivity contribution in [3.63, 3.8) is 0 Å². The fourth-order valence-electron chi connectivity index (χ4n) is 1.69. The van der Waals surface area contributed by atoms with E-state index in [-0.39, 0.29) is 5.89 Å². The van der Waals surface area contributed by atoms with E-state index in [2.05, 4.69) is 15.0 Å². The Kier molecular flexibility index (Phi) is 4.06. The first-order chi connectivity index (χ1) is 9.10. The van der Waals surface area contributed by atoms with Crippen molar-refractivity contribution in [1.82, 2.24) is 15.0 Å². The molecule has 0 unspecified atom stereocenters. The summed E-state index contributed by atoms with van der Waals surface area (Å²) in [6.45, 7) is 2.44. The van der Waals surface area contributed by atoms with Crippen LogP contribution in [0.2, 0.25) is 0 Å². The van der Waals surface area contributed by atoms with Crippen molar-refractivity contribution in [2.75, 3.05) is 14.1 Å². The van der Waals surface area contributed by atoms with Gasteiger partial charge < -0.3 is 9.42 Å². The second-order valence-electron chi connectivity index (χ2n) is 4.49. The number of aromatic nitrogens is 2. The van der Waals surface area contributed by atoms with E-state index in [1.54, 1.807) is 6.92 Å². The van der Waals surface area contributed by atoms with Crippen molar-refractivity contribution in [2.24, 2.45) is 0 Å². The van der Waals surface area contributed by atoms with Crippen LogP contribution in [0.3, 0.4) is 0 Å². The monoisotopic (exact) mass is 261 g/mol. The van der Waals surface area contributed by atoms with Gasteiger partial charge in [-0.3, -0.25) is 0 Å². The van der Waals surface area contributed by atoms with Crippen molar-refractivity contribution in [2.45, 2.75) is 13.5 Å². The third-order valence-corrected chi connectivity index (χ3v) is 2.59. The Morgan fingerprint density at radius 3 is 2.58 bits per heavy atom. The smallest absolute Gasteiger partial charge is 0.286 e. The van der Waals surface area contributed by atoms with E-state index in [9.17, 15) is 4.39 Å². The van der Waals surface area contributed by atoms with Gasteiger partial charge in [0.25, 0.3) is 5.89 Å². The Bertz CT molecular complexity index is 573. The molecule has 0 fully saturated rings. The second kappa shape index (κ2) is 5.75. The van der Waals surface area contributed by atoms with E-state index in [1.165, 1.54) is 11.6 Å². The molecule has 0 aliphatic rings. The van der Waals surface area contributed by atoms with Crippen molar-refractivity contribution in [3.8, 4) is 11.4 Å². The van der Waals surface area contributed by atoms with E-state index in [1.807, 2.05) is 38.4 Å². The third kappa shape index (κ3) is 3.26. The van der Waals surface area contributed by atoms with Gasteiger partial charge >= 0.3 is 0 Å². The van der Waals surface area contributed by atoms with Crippen molar-refractivity contribution in [1.29, 1.82) is 0 Å². The Labute approximate surface area is 111 Å². The first-order valence-corrected chi connectivity index (χ1v) is 6.00. The molecule has 1 aromatic heterocycles. The fraction of sp³-hybridized carbons (Fsp3) is 0.286.